The monoisotopic (exact) mass is 457 g/mol. The van der Waals surface area contributed by atoms with Crippen LogP contribution in [-0.2, 0) is 11.2 Å². The Morgan fingerprint density at radius 1 is 1.06 bits per heavy atom. The lowest BCUT2D eigenvalue weighted by atomic mass is 9.94. The van der Waals surface area contributed by atoms with Gasteiger partial charge in [-0.1, -0.05) is 41.9 Å². The summed E-state index contributed by atoms with van der Waals surface area (Å²) in [6, 6.07) is 0. The SMILES string of the molecule is COc1[nH]c(CC=C(C)CC(C)=CC(C)=CC(C)C(O)C(C)=CC(C)=O)c(C)c(=O)c1OC. The lowest BCUT2D eigenvalue weighted by Gasteiger charge is -2.17. The van der Waals surface area contributed by atoms with Crippen molar-refractivity contribution >= 4 is 5.78 Å². The number of methoxy groups -OCH3 is 2. The molecule has 1 heterocycles. The van der Waals surface area contributed by atoms with E-state index in [0.29, 0.717) is 23.4 Å². The number of hydrogen-bond donors (Lipinski definition) is 2. The van der Waals surface area contributed by atoms with E-state index >= 15 is 0 Å². The molecule has 182 valence electrons. The highest BCUT2D eigenvalue weighted by Crippen LogP contribution is 2.23. The minimum absolute atomic E-state index is 0.0650. The fourth-order valence-electron chi connectivity index (χ4n) is 3.83. The molecule has 0 radical (unpaired) electrons. The first-order valence-corrected chi connectivity index (χ1v) is 11.1. The van der Waals surface area contributed by atoms with Gasteiger partial charge in [-0.15, -0.1) is 0 Å². The van der Waals surface area contributed by atoms with Crippen molar-refractivity contribution in [3.05, 3.63) is 68.1 Å². The number of carbonyl (C=O) groups is 1. The van der Waals surface area contributed by atoms with Crippen molar-refractivity contribution in [1.29, 1.82) is 0 Å². The third kappa shape index (κ3) is 8.54. The molecule has 0 fully saturated rings. The number of allylic oxidation sites excluding steroid dienone is 6. The van der Waals surface area contributed by atoms with E-state index in [1.807, 2.05) is 19.9 Å². The van der Waals surface area contributed by atoms with Gasteiger partial charge in [-0.3, -0.25) is 9.59 Å². The number of H-pyrrole nitrogens is 1. The van der Waals surface area contributed by atoms with Crippen LogP contribution in [-0.4, -0.2) is 36.2 Å². The number of aromatic nitrogens is 1. The summed E-state index contributed by atoms with van der Waals surface area (Å²) in [5, 5.41) is 10.4. The Bertz CT molecular complexity index is 1020. The molecular weight excluding hydrogens is 418 g/mol. The molecule has 1 aromatic heterocycles. The van der Waals surface area contributed by atoms with E-state index in [4.69, 9.17) is 9.47 Å². The van der Waals surface area contributed by atoms with Gasteiger partial charge in [0.2, 0.25) is 17.1 Å². The third-order valence-corrected chi connectivity index (χ3v) is 5.49. The van der Waals surface area contributed by atoms with Gasteiger partial charge in [-0.05, 0) is 59.6 Å². The maximum absolute atomic E-state index is 12.5. The van der Waals surface area contributed by atoms with Crippen LogP contribution in [0.5, 0.6) is 11.6 Å². The zero-order valence-corrected chi connectivity index (χ0v) is 21.5. The molecule has 0 bridgehead atoms. The van der Waals surface area contributed by atoms with Crippen LogP contribution in [0.1, 0.15) is 59.2 Å². The van der Waals surface area contributed by atoms with Crippen molar-refractivity contribution in [2.45, 2.75) is 67.4 Å². The summed E-state index contributed by atoms with van der Waals surface area (Å²) in [7, 11) is 2.95. The first-order valence-electron chi connectivity index (χ1n) is 11.1. The van der Waals surface area contributed by atoms with E-state index < -0.39 is 6.10 Å². The maximum Gasteiger partial charge on any atom is 0.238 e. The Kier molecular flexibility index (Phi) is 11.1. The fraction of sp³-hybridized carbons (Fsp3) is 0.481. The van der Waals surface area contributed by atoms with E-state index in [1.165, 1.54) is 38.4 Å². The van der Waals surface area contributed by atoms with Crippen LogP contribution in [0.3, 0.4) is 0 Å². The zero-order valence-electron chi connectivity index (χ0n) is 21.5. The first kappa shape index (κ1) is 28.2. The molecule has 6 nitrogen and oxygen atoms in total. The van der Waals surface area contributed by atoms with Crippen LogP contribution >= 0.6 is 0 Å². The van der Waals surface area contributed by atoms with Crippen LogP contribution in [0.2, 0.25) is 0 Å². The largest absolute Gasteiger partial charge is 0.488 e. The van der Waals surface area contributed by atoms with Gasteiger partial charge in [-0.2, -0.15) is 0 Å². The summed E-state index contributed by atoms with van der Waals surface area (Å²) in [5.41, 5.74) is 5.34. The van der Waals surface area contributed by atoms with Gasteiger partial charge in [0.1, 0.15) is 0 Å². The predicted octanol–water partition coefficient (Wildman–Crippen LogP) is 5.00. The highest BCUT2D eigenvalue weighted by atomic mass is 16.5. The normalized spacial score (nSPS) is 15.3. The lowest BCUT2D eigenvalue weighted by Crippen LogP contribution is -2.18. The molecule has 0 saturated carbocycles. The second-order valence-electron chi connectivity index (χ2n) is 8.76. The fourth-order valence-corrected chi connectivity index (χ4v) is 3.83. The maximum atomic E-state index is 12.5. The standard InChI is InChI=1S/C27H39NO5/c1-16(10-11-23-22(7)25(31)26(32-8)27(28-23)33-9)12-17(2)13-18(3)14-19(4)24(30)20(5)15-21(6)29/h10,13-15,19,24,30H,11-12H2,1-9H3,(H,28,31). The number of rotatable bonds is 11. The van der Waals surface area contributed by atoms with Crippen LogP contribution in [0, 0.1) is 12.8 Å². The molecule has 0 aliphatic heterocycles. The van der Waals surface area contributed by atoms with Crippen LogP contribution in [0.4, 0.5) is 0 Å². The quantitative estimate of drug-likeness (QED) is 0.277. The number of aromatic amines is 1. The smallest absolute Gasteiger partial charge is 0.238 e. The van der Waals surface area contributed by atoms with Gasteiger partial charge in [0.05, 0.1) is 20.3 Å². The number of hydrogen-bond acceptors (Lipinski definition) is 5. The Hall–Kier alpha value is -2.86. The van der Waals surface area contributed by atoms with Crippen molar-refractivity contribution in [2.24, 2.45) is 5.92 Å². The molecule has 0 aliphatic rings. The topological polar surface area (TPSA) is 88.6 Å². The molecule has 0 spiro atoms. The molecule has 0 saturated heterocycles. The number of aliphatic hydroxyl groups excluding tert-OH is 1. The average Bonchev–Trinajstić information content (AvgIpc) is 2.72. The van der Waals surface area contributed by atoms with E-state index in [-0.39, 0.29) is 22.9 Å². The molecular formula is C27H39NO5. The lowest BCUT2D eigenvalue weighted by molar-refractivity contribution is -0.112. The molecule has 0 aliphatic carbocycles. The van der Waals surface area contributed by atoms with Gasteiger partial charge in [0.25, 0.3) is 0 Å². The number of nitrogens with one attached hydrogen (secondary N) is 1. The molecule has 1 aromatic rings. The van der Waals surface area contributed by atoms with Gasteiger partial charge in [-0.25, -0.2) is 0 Å². The minimum atomic E-state index is -0.689. The second-order valence-corrected chi connectivity index (χ2v) is 8.76. The third-order valence-electron chi connectivity index (χ3n) is 5.49. The highest BCUT2D eigenvalue weighted by molar-refractivity contribution is 5.88. The Morgan fingerprint density at radius 2 is 1.70 bits per heavy atom. The van der Waals surface area contributed by atoms with Crippen LogP contribution < -0.4 is 14.9 Å². The molecule has 0 aromatic carbocycles. The Labute approximate surface area is 197 Å². The zero-order chi connectivity index (χ0) is 25.3. The molecule has 1 rings (SSSR count). The van der Waals surface area contributed by atoms with Gasteiger partial charge in [0.15, 0.2) is 5.78 Å². The van der Waals surface area contributed by atoms with Crippen LogP contribution in [0.25, 0.3) is 0 Å². The first-order chi connectivity index (χ1) is 15.4. The summed E-state index contributed by atoms with van der Waals surface area (Å²) in [5.74, 6) is 0.346. The number of ketones is 1. The molecule has 2 atom stereocenters. The number of ether oxygens (including phenoxy) is 2. The summed E-state index contributed by atoms with van der Waals surface area (Å²) < 4.78 is 10.4. The number of aliphatic hydroxyl groups is 1. The Balaban J connectivity index is 2.92. The minimum Gasteiger partial charge on any atom is -0.488 e. The Morgan fingerprint density at radius 3 is 2.24 bits per heavy atom. The summed E-state index contributed by atoms with van der Waals surface area (Å²) in [6.45, 7) is 13.1. The summed E-state index contributed by atoms with van der Waals surface area (Å²) in [4.78, 5) is 26.9. The van der Waals surface area contributed by atoms with Crippen molar-refractivity contribution < 1.29 is 19.4 Å². The van der Waals surface area contributed by atoms with Gasteiger partial charge < -0.3 is 19.6 Å². The molecule has 2 N–H and O–H groups in total. The van der Waals surface area contributed by atoms with Gasteiger partial charge >= 0.3 is 0 Å². The van der Waals surface area contributed by atoms with E-state index in [0.717, 1.165) is 17.7 Å². The van der Waals surface area contributed by atoms with E-state index in [1.54, 1.807) is 13.8 Å². The van der Waals surface area contributed by atoms with E-state index in [2.05, 4.69) is 31.0 Å². The average molecular weight is 458 g/mol. The molecule has 33 heavy (non-hydrogen) atoms. The highest BCUT2D eigenvalue weighted by Gasteiger charge is 2.15. The molecule has 6 heteroatoms. The molecule has 2 unspecified atom stereocenters. The number of pyridine rings is 1. The van der Waals surface area contributed by atoms with Crippen LogP contribution in [0.15, 0.2) is 51.4 Å². The summed E-state index contributed by atoms with van der Waals surface area (Å²) >= 11 is 0. The second kappa shape index (κ2) is 13.0. The van der Waals surface area contributed by atoms with Crippen molar-refractivity contribution in [3.63, 3.8) is 0 Å². The molecule has 0 amide bonds. The predicted molar refractivity (Wildman–Crippen MR) is 134 cm³/mol. The van der Waals surface area contributed by atoms with E-state index in [9.17, 15) is 14.7 Å². The van der Waals surface area contributed by atoms with Crippen molar-refractivity contribution in [3.8, 4) is 11.6 Å². The van der Waals surface area contributed by atoms with Crippen molar-refractivity contribution in [2.75, 3.05) is 14.2 Å². The van der Waals surface area contributed by atoms with Crippen molar-refractivity contribution in [1.82, 2.24) is 4.98 Å². The summed E-state index contributed by atoms with van der Waals surface area (Å²) in [6.07, 6.45) is 8.39. The van der Waals surface area contributed by atoms with Gasteiger partial charge in [0, 0.05) is 23.6 Å². The number of carbonyl (C=O) groups excluding carboxylic acids is 1.